The average Bonchev–Trinajstić information content (AvgIpc) is 2.66. The van der Waals surface area contributed by atoms with Crippen LogP contribution in [0.4, 0.5) is 0 Å². The molecule has 0 bridgehead atoms. The third-order valence-corrected chi connectivity index (χ3v) is 4.22. The van der Waals surface area contributed by atoms with Crippen LogP contribution in [0.25, 0.3) is 16.6 Å². The fourth-order valence-electron chi connectivity index (χ4n) is 2.22. The highest BCUT2D eigenvalue weighted by Gasteiger charge is 2.07. The van der Waals surface area contributed by atoms with Crippen molar-refractivity contribution >= 4 is 38.5 Å². The molecule has 0 saturated carbocycles. The minimum atomic E-state index is -0.391. The van der Waals surface area contributed by atoms with Gasteiger partial charge in [-0.2, -0.15) is 0 Å². The number of benzene rings is 2. The van der Waals surface area contributed by atoms with Gasteiger partial charge in [-0.1, -0.05) is 40.2 Å². The maximum Gasteiger partial charge on any atom is 0.330 e. The van der Waals surface area contributed by atoms with Gasteiger partial charge in [-0.15, -0.1) is 0 Å². The van der Waals surface area contributed by atoms with E-state index in [9.17, 15) is 4.79 Å². The van der Waals surface area contributed by atoms with Crippen LogP contribution in [0.15, 0.2) is 48.5 Å². The lowest BCUT2D eigenvalue weighted by Crippen LogP contribution is -1.93. The standard InChI is InChI=1S/C20H19BrO4/c1-23-18-10-8-16(13-19(18)24-2)17(21)12-15-7-5-4-6-14(15)9-11-20(22)25-3/h4-13H,1-3H3/b11-9+,17-12-. The first-order valence-electron chi connectivity index (χ1n) is 7.53. The van der Waals surface area contributed by atoms with Gasteiger partial charge in [0.15, 0.2) is 11.5 Å². The Morgan fingerprint density at radius 3 is 2.28 bits per heavy atom. The van der Waals surface area contributed by atoms with E-state index in [-0.39, 0.29) is 0 Å². The normalized spacial score (nSPS) is 11.4. The van der Waals surface area contributed by atoms with Gasteiger partial charge >= 0.3 is 5.97 Å². The molecule has 0 aliphatic carbocycles. The van der Waals surface area contributed by atoms with Crippen molar-refractivity contribution < 1.29 is 19.0 Å². The molecule has 0 heterocycles. The zero-order valence-electron chi connectivity index (χ0n) is 14.3. The molecule has 0 aliphatic rings. The fourth-order valence-corrected chi connectivity index (χ4v) is 2.72. The van der Waals surface area contributed by atoms with E-state index >= 15 is 0 Å². The van der Waals surface area contributed by atoms with Gasteiger partial charge in [-0.25, -0.2) is 4.79 Å². The lowest BCUT2D eigenvalue weighted by molar-refractivity contribution is -0.134. The predicted octanol–water partition coefficient (Wildman–Crippen LogP) is 4.78. The summed E-state index contributed by atoms with van der Waals surface area (Å²) in [7, 11) is 4.56. The van der Waals surface area contributed by atoms with Gasteiger partial charge in [-0.3, -0.25) is 0 Å². The Hall–Kier alpha value is -2.53. The maximum absolute atomic E-state index is 11.3. The second-order valence-corrected chi connectivity index (χ2v) is 5.90. The number of ether oxygens (including phenoxy) is 3. The monoisotopic (exact) mass is 402 g/mol. The SMILES string of the molecule is COC(=O)/C=C/c1ccccc1/C=C(\Br)c1ccc(OC)c(OC)c1. The van der Waals surface area contributed by atoms with Crippen LogP contribution >= 0.6 is 15.9 Å². The molecular weight excluding hydrogens is 384 g/mol. The summed E-state index contributed by atoms with van der Waals surface area (Å²) in [6.45, 7) is 0. The highest BCUT2D eigenvalue weighted by Crippen LogP contribution is 2.33. The van der Waals surface area contributed by atoms with E-state index in [1.165, 1.54) is 13.2 Å². The van der Waals surface area contributed by atoms with Crippen molar-refractivity contribution in [3.05, 3.63) is 65.2 Å². The summed E-state index contributed by atoms with van der Waals surface area (Å²) in [6.07, 6.45) is 5.11. The van der Waals surface area contributed by atoms with Crippen molar-refractivity contribution in [1.29, 1.82) is 0 Å². The molecule has 2 aromatic carbocycles. The maximum atomic E-state index is 11.3. The van der Waals surface area contributed by atoms with Crippen molar-refractivity contribution in [2.45, 2.75) is 0 Å². The lowest BCUT2D eigenvalue weighted by Gasteiger charge is -2.09. The third-order valence-electron chi connectivity index (χ3n) is 3.54. The summed E-state index contributed by atoms with van der Waals surface area (Å²) >= 11 is 3.61. The number of esters is 1. The molecule has 0 spiro atoms. The van der Waals surface area contributed by atoms with Crippen molar-refractivity contribution in [3.8, 4) is 11.5 Å². The molecule has 130 valence electrons. The van der Waals surface area contributed by atoms with Gasteiger partial charge < -0.3 is 14.2 Å². The summed E-state index contributed by atoms with van der Waals surface area (Å²) in [6, 6.07) is 13.4. The van der Waals surface area contributed by atoms with Crippen molar-refractivity contribution in [1.82, 2.24) is 0 Å². The van der Waals surface area contributed by atoms with Crippen molar-refractivity contribution in [2.24, 2.45) is 0 Å². The number of hydrogen-bond donors (Lipinski definition) is 0. The Labute approximate surface area is 155 Å². The number of carbonyl (C=O) groups excluding carboxylic acids is 1. The summed E-state index contributed by atoms with van der Waals surface area (Å²) < 4.78 is 16.1. The highest BCUT2D eigenvalue weighted by molar-refractivity contribution is 9.15. The van der Waals surface area contributed by atoms with E-state index in [4.69, 9.17) is 9.47 Å². The van der Waals surface area contributed by atoms with Crippen LogP contribution in [0.5, 0.6) is 11.5 Å². The van der Waals surface area contributed by atoms with E-state index in [2.05, 4.69) is 20.7 Å². The predicted molar refractivity (Wildman–Crippen MR) is 104 cm³/mol. The zero-order chi connectivity index (χ0) is 18.2. The van der Waals surface area contributed by atoms with Gasteiger partial charge in [0.2, 0.25) is 0 Å². The molecule has 0 saturated heterocycles. The molecule has 2 aromatic rings. The van der Waals surface area contributed by atoms with Crippen LogP contribution in [0.1, 0.15) is 16.7 Å². The van der Waals surface area contributed by atoms with Gasteiger partial charge in [0.25, 0.3) is 0 Å². The minimum Gasteiger partial charge on any atom is -0.493 e. The van der Waals surface area contributed by atoms with Crippen LogP contribution in [-0.2, 0) is 9.53 Å². The molecule has 0 aromatic heterocycles. The van der Waals surface area contributed by atoms with Crippen LogP contribution in [-0.4, -0.2) is 27.3 Å². The van der Waals surface area contributed by atoms with E-state index < -0.39 is 5.97 Å². The summed E-state index contributed by atoms with van der Waals surface area (Å²) in [5.41, 5.74) is 2.82. The Morgan fingerprint density at radius 2 is 1.64 bits per heavy atom. The number of hydrogen-bond acceptors (Lipinski definition) is 4. The van der Waals surface area contributed by atoms with Crippen molar-refractivity contribution in [2.75, 3.05) is 21.3 Å². The second-order valence-electron chi connectivity index (χ2n) is 5.05. The average molecular weight is 403 g/mol. The zero-order valence-corrected chi connectivity index (χ0v) is 15.9. The number of methoxy groups -OCH3 is 3. The Kier molecular flexibility index (Phi) is 6.83. The van der Waals surface area contributed by atoms with Gasteiger partial charge in [0.1, 0.15) is 0 Å². The van der Waals surface area contributed by atoms with Crippen LogP contribution in [0.2, 0.25) is 0 Å². The molecule has 0 N–H and O–H groups in total. The molecule has 25 heavy (non-hydrogen) atoms. The quantitative estimate of drug-likeness (QED) is 0.396. The first kappa shape index (κ1) is 18.8. The lowest BCUT2D eigenvalue weighted by atomic mass is 10.0. The number of halogens is 1. The molecular formula is C20H19BrO4. The van der Waals surface area contributed by atoms with E-state index in [0.29, 0.717) is 11.5 Å². The Morgan fingerprint density at radius 1 is 0.960 bits per heavy atom. The first-order chi connectivity index (χ1) is 12.1. The van der Waals surface area contributed by atoms with Gasteiger partial charge in [-0.05, 0) is 47.0 Å². The van der Waals surface area contributed by atoms with Gasteiger partial charge in [0.05, 0.1) is 21.3 Å². The molecule has 0 unspecified atom stereocenters. The van der Waals surface area contributed by atoms with Crippen LogP contribution in [0.3, 0.4) is 0 Å². The van der Waals surface area contributed by atoms with E-state index in [1.807, 2.05) is 48.5 Å². The Bertz CT molecular complexity index is 809. The number of rotatable bonds is 6. The molecule has 0 radical (unpaired) electrons. The molecule has 5 heteroatoms. The minimum absolute atomic E-state index is 0.391. The number of carbonyl (C=O) groups is 1. The molecule has 0 amide bonds. The third kappa shape index (κ3) is 4.97. The van der Waals surface area contributed by atoms with Gasteiger partial charge in [0, 0.05) is 10.6 Å². The first-order valence-corrected chi connectivity index (χ1v) is 8.33. The summed E-state index contributed by atoms with van der Waals surface area (Å²) in [5.74, 6) is 0.940. The summed E-state index contributed by atoms with van der Waals surface area (Å²) in [4.78, 5) is 11.3. The van der Waals surface area contributed by atoms with Crippen LogP contribution in [0, 0.1) is 0 Å². The molecule has 4 nitrogen and oxygen atoms in total. The second kappa shape index (κ2) is 9.08. The Balaban J connectivity index is 2.37. The highest BCUT2D eigenvalue weighted by atomic mass is 79.9. The molecule has 0 aliphatic heterocycles. The fraction of sp³-hybridized carbons (Fsp3) is 0.150. The smallest absolute Gasteiger partial charge is 0.330 e. The molecule has 0 atom stereocenters. The van der Waals surface area contributed by atoms with Crippen LogP contribution < -0.4 is 9.47 Å². The van der Waals surface area contributed by atoms with Crippen molar-refractivity contribution in [3.63, 3.8) is 0 Å². The van der Waals surface area contributed by atoms with E-state index in [1.54, 1.807) is 20.3 Å². The van der Waals surface area contributed by atoms with E-state index in [0.717, 1.165) is 21.2 Å². The topological polar surface area (TPSA) is 44.8 Å². The molecule has 2 rings (SSSR count). The summed E-state index contributed by atoms with van der Waals surface area (Å²) in [5, 5.41) is 0. The molecule has 0 fully saturated rings. The largest absolute Gasteiger partial charge is 0.493 e.